The van der Waals surface area contributed by atoms with E-state index in [1.807, 2.05) is 12.1 Å². The number of carbonyl (C=O) groups is 2. The van der Waals surface area contributed by atoms with Crippen molar-refractivity contribution in [1.82, 2.24) is 0 Å². The summed E-state index contributed by atoms with van der Waals surface area (Å²) >= 11 is 0. The van der Waals surface area contributed by atoms with Crippen LogP contribution in [0.1, 0.15) is 72.6 Å². The molecular formula is C30H40O5S. The molecule has 4 aliphatic carbocycles. The lowest BCUT2D eigenvalue weighted by molar-refractivity contribution is -0.149. The van der Waals surface area contributed by atoms with Crippen LogP contribution in [0.4, 0.5) is 0 Å². The third-order valence-corrected chi connectivity index (χ3v) is 12.5. The Morgan fingerprint density at radius 3 is 2.47 bits per heavy atom. The van der Waals surface area contributed by atoms with E-state index in [1.165, 1.54) is 12.5 Å². The molecule has 3 fully saturated rings. The van der Waals surface area contributed by atoms with Gasteiger partial charge in [0.1, 0.15) is 6.10 Å². The highest BCUT2D eigenvalue weighted by Gasteiger charge is 2.61. The number of ether oxygens (including phenoxy) is 1. The maximum Gasteiger partial charge on any atom is 0.302 e. The van der Waals surface area contributed by atoms with Gasteiger partial charge in [0.25, 0.3) is 0 Å². The lowest BCUT2D eigenvalue weighted by atomic mass is 9.46. The van der Waals surface area contributed by atoms with Crippen LogP contribution >= 0.6 is 0 Å². The van der Waals surface area contributed by atoms with Gasteiger partial charge < -0.3 is 4.74 Å². The average molecular weight is 513 g/mol. The second kappa shape index (κ2) is 9.11. The third kappa shape index (κ3) is 4.17. The Kier molecular flexibility index (Phi) is 6.50. The molecule has 0 aliphatic heterocycles. The Morgan fingerprint density at radius 2 is 1.78 bits per heavy atom. The number of sulfone groups is 1. The minimum atomic E-state index is -3.35. The van der Waals surface area contributed by atoms with Crippen LogP contribution in [0.5, 0.6) is 0 Å². The summed E-state index contributed by atoms with van der Waals surface area (Å²) in [5.41, 5.74) is 1.14. The van der Waals surface area contributed by atoms with E-state index in [1.54, 1.807) is 24.3 Å². The lowest BCUT2D eigenvalue weighted by Crippen LogP contribution is -2.54. The number of fused-ring (bicyclic) bond motifs is 5. The second-order valence-corrected chi connectivity index (χ2v) is 14.5. The van der Waals surface area contributed by atoms with Gasteiger partial charge in [-0.2, -0.15) is 0 Å². The summed E-state index contributed by atoms with van der Waals surface area (Å²) in [5.74, 6) is 1.14. The number of benzene rings is 1. The highest BCUT2D eigenvalue weighted by molar-refractivity contribution is 7.91. The fraction of sp³-hybridized carbons (Fsp3) is 0.667. The SMILES string of the molecule is CC(=O)O[C@H]1CC[C@@]2(C)C(=CC(=O)[C@H]3[C@@H]4CC[C@H]([C@H](C)CS(=O)(=O)c5ccccc5)[C@@]4(C)CC[C@@H]32)C1. The Hall–Kier alpha value is -1.95. The molecular weight excluding hydrogens is 472 g/mol. The summed E-state index contributed by atoms with van der Waals surface area (Å²) in [6.45, 7) is 8.22. The zero-order valence-corrected chi connectivity index (χ0v) is 22.9. The van der Waals surface area contributed by atoms with Crippen molar-refractivity contribution in [3.05, 3.63) is 42.0 Å². The van der Waals surface area contributed by atoms with Crippen LogP contribution in [0, 0.1) is 40.4 Å². The van der Waals surface area contributed by atoms with Crippen molar-refractivity contribution in [2.45, 2.75) is 83.6 Å². The van der Waals surface area contributed by atoms with Crippen molar-refractivity contribution in [1.29, 1.82) is 0 Å². The normalized spacial score (nSPS) is 38.8. The van der Waals surface area contributed by atoms with Gasteiger partial charge in [0.15, 0.2) is 15.6 Å². The van der Waals surface area contributed by atoms with Crippen LogP contribution in [-0.4, -0.2) is 32.0 Å². The molecule has 3 saturated carbocycles. The van der Waals surface area contributed by atoms with E-state index in [0.29, 0.717) is 29.1 Å². The van der Waals surface area contributed by atoms with Crippen molar-refractivity contribution in [2.75, 3.05) is 5.75 Å². The highest BCUT2D eigenvalue weighted by atomic mass is 32.2. The van der Waals surface area contributed by atoms with Crippen LogP contribution in [0.3, 0.4) is 0 Å². The van der Waals surface area contributed by atoms with E-state index in [-0.39, 0.29) is 46.3 Å². The number of hydrogen-bond acceptors (Lipinski definition) is 5. The van der Waals surface area contributed by atoms with Crippen LogP contribution in [-0.2, 0) is 24.2 Å². The standard InChI is InChI=1S/C30H40O5S/c1-19(18-36(33,34)23-8-6-5-7-9-23)24-10-11-25-28-26(13-15-30(24,25)4)29(3)14-12-22(35-20(2)31)16-21(29)17-27(28)32/h5-9,17,19,22,24-26,28H,10-16,18H2,1-4H3/t19-,22+,24-,25+,26+,28+,29+,30-/m1/s1. The van der Waals surface area contributed by atoms with Gasteiger partial charge in [-0.05, 0) is 91.2 Å². The van der Waals surface area contributed by atoms with Crippen LogP contribution in [0.15, 0.2) is 46.9 Å². The first-order valence-corrected chi connectivity index (χ1v) is 15.3. The first kappa shape index (κ1) is 25.7. The molecule has 6 heteroatoms. The first-order chi connectivity index (χ1) is 17.0. The smallest absolute Gasteiger partial charge is 0.302 e. The summed E-state index contributed by atoms with van der Waals surface area (Å²) in [6.07, 6.45) is 8.29. The number of esters is 1. The Bertz CT molecular complexity index is 1170. The molecule has 0 amide bonds. The Balaban J connectivity index is 1.37. The fourth-order valence-corrected chi connectivity index (χ4v) is 10.6. The molecule has 5 nitrogen and oxygen atoms in total. The maximum atomic E-state index is 13.6. The molecule has 1 aromatic rings. The third-order valence-electron chi connectivity index (χ3n) is 10.6. The van der Waals surface area contributed by atoms with Gasteiger partial charge >= 0.3 is 5.97 Å². The molecule has 0 radical (unpaired) electrons. The molecule has 0 spiro atoms. The van der Waals surface area contributed by atoms with E-state index in [9.17, 15) is 18.0 Å². The lowest BCUT2D eigenvalue weighted by Gasteiger charge is -2.57. The van der Waals surface area contributed by atoms with Gasteiger partial charge in [0.05, 0.1) is 10.6 Å². The molecule has 0 saturated heterocycles. The predicted molar refractivity (Wildman–Crippen MR) is 139 cm³/mol. The summed E-state index contributed by atoms with van der Waals surface area (Å²) in [4.78, 5) is 25.6. The maximum absolute atomic E-state index is 13.6. The molecule has 5 rings (SSSR count). The van der Waals surface area contributed by atoms with Crippen molar-refractivity contribution < 1.29 is 22.7 Å². The molecule has 0 N–H and O–H groups in total. The topological polar surface area (TPSA) is 77.5 Å². The largest absolute Gasteiger partial charge is 0.462 e. The molecule has 0 heterocycles. The number of hydrogen-bond donors (Lipinski definition) is 0. The molecule has 8 atom stereocenters. The zero-order valence-electron chi connectivity index (χ0n) is 22.0. The van der Waals surface area contributed by atoms with E-state index in [2.05, 4.69) is 20.8 Å². The van der Waals surface area contributed by atoms with Gasteiger partial charge in [0.2, 0.25) is 0 Å². The quantitative estimate of drug-likeness (QED) is 0.467. The average Bonchev–Trinajstić information content (AvgIpc) is 3.17. The first-order valence-electron chi connectivity index (χ1n) is 13.7. The molecule has 4 aliphatic rings. The zero-order chi connectivity index (χ0) is 25.9. The van der Waals surface area contributed by atoms with Crippen LogP contribution in [0.2, 0.25) is 0 Å². The van der Waals surface area contributed by atoms with E-state index in [4.69, 9.17) is 4.74 Å². The Morgan fingerprint density at radius 1 is 1.06 bits per heavy atom. The van der Waals surface area contributed by atoms with Crippen molar-refractivity contribution in [2.24, 2.45) is 40.4 Å². The van der Waals surface area contributed by atoms with Crippen LogP contribution in [0.25, 0.3) is 0 Å². The molecule has 36 heavy (non-hydrogen) atoms. The second-order valence-electron chi connectivity index (χ2n) is 12.5. The molecule has 196 valence electrons. The summed E-state index contributed by atoms with van der Waals surface area (Å²) in [5, 5.41) is 0. The summed E-state index contributed by atoms with van der Waals surface area (Å²) < 4.78 is 31.8. The van der Waals surface area contributed by atoms with Gasteiger partial charge in [-0.3, -0.25) is 9.59 Å². The number of ketones is 1. The van der Waals surface area contributed by atoms with Crippen molar-refractivity contribution in [3.8, 4) is 0 Å². The number of allylic oxidation sites excluding steroid dienone is 1. The summed E-state index contributed by atoms with van der Waals surface area (Å²) in [7, 11) is -3.35. The fourth-order valence-electron chi connectivity index (χ4n) is 8.87. The molecule has 1 aromatic carbocycles. The molecule has 0 aromatic heterocycles. The van der Waals surface area contributed by atoms with E-state index >= 15 is 0 Å². The monoisotopic (exact) mass is 512 g/mol. The predicted octanol–water partition coefficient (Wildman–Crippen LogP) is 5.79. The van der Waals surface area contributed by atoms with Crippen molar-refractivity contribution in [3.63, 3.8) is 0 Å². The minimum Gasteiger partial charge on any atom is -0.462 e. The van der Waals surface area contributed by atoms with Gasteiger partial charge in [-0.1, -0.05) is 44.5 Å². The molecule has 0 unspecified atom stereocenters. The highest BCUT2D eigenvalue weighted by Crippen LogP contribution is 2.66. The van der Waals surface area contributed by atoms with Gasteiger partial charge in [0, 0.05) is 19.3 Å². The van der Waals surface area contributed by atoms with E-state index < -0.39 is 9.84 Å². The van der Waals surface area contributed by atoms with Crippen molar-refractivity contribution >= 4 is 21.6 Å². The minimum absolute atomic E-state index is 0.0148. The van der Waals surface area contributed by atoms with Gasteiger partial charge in [-0.15, -0.1) is 0 Å². The van der Waals surface area contributed by atoms with Gasteiger partial charge in [-0.25, -0.2) is 8.42 Å². The summed E-state index contributed by atoms with van der Waals surface area (Å²) in [6, 6.07) is 8.78. The van der Waals surface area contributed by atoms with E-state index in [0.717, 1.165) is 38.5 Å². The number of rotatable bonds is 5. The Labute approximate surface area is 216 Å². The van der Waals surface area contributed by atoms with Crippen LogP contribution < -0.4 is 0 Å². The number of carbonyl (C=O) groups excluding carboxylic acids is 2. The molecule has 0 bridgehead atoms.